The van der Waals surface area contributed by atoms with E-state index in [1.165, 1.54) is 70.6 Å². The van der Waals surface area contributed by atoms with E-state index in [0.717, 1.165) is 70.6 Å². The molecule has 0 N–H and O–H groups in total. The first-order valence-electron chi connectivity index (χ1n) is 16.2. The van der Waals surface area contributed by atoms with Crippen molar-refractivity contribution in [3.05, 3.63) is 0 Å². The zero-order valence-electron chi connectivity index (χ0n) is 25.1. The molecule has 0 aromatic carbocycles. The summed E-state index contributed by atoms with van der Waals surface area (Å²) < 4.78 is 5.39. The summed E-state index contributed by atoms with van der Waals surface area (Å²) in [5, 5.41) is 0.0885. The predicted molar refractivity (Wildman–Crippen MR) is 177 cm³/mol. The van der Waals surface area contributed by atoms with Crippen molar-refractivity contribution in [2.24, 2.45) is 0 Å². The molecule has 234 valence electrons. The number of carbonyl (C=O) groups is 1. The molecular weight excluding hydrogens is 594 g/mol. The lowest BCUT2D eigenvalue weighted by Gasteiger charge is -2.19. The maximum atomic E-state index is 12.0. The number of esters is 1. The van der Waals surface area contributed by atoms with E-state index in [4.69, 9.17) is 62.7 Å². The second-order valence-electron chi connectivity index (χ2n) is 11.3. The van der Waals surface area contributed by atoms with Gasteiger partial charge in [0.25, 0.3) is 0 Å². The van der Waals surface area contributed by atoms with Gasteiger partial charge in [-0.3, -0.25) is 4.79 Å². The highest BCUT2D eigenvalue weighted by atomic mass is 35.5. The molecule has 0 heterocycles. The fourth-order valence-corrected chi connectivity index (χ4v) is 6.28. The van der Waals surface area contributed by atoms with Gasteiger partial charge in [-0.2, -0.15) is 0 Å². The fraction of sp³-hybridized carbons (Fsp3) is 0.969. The number of unbranched alkanes of at least 4 members (excludes halogenated alkanes) is 12. The first-order valence-corrected chi connectivity index (χ1v) is 18.3. The predicted octanol–water partition coefficient (Wildman–Crippen LogP) is 12.6. The lowest BCUT2D eigenvalue weighted by atomic mass is 10.0. The Morgan fingerprint density at radius 1 is 0.538 bits per heavy atom. The summed E-state index contributed by atoms with van der Waals surface area (Å²) in [7, 11) is 0. The largest absolute Gasteiger partial charge is 0.466 e. The first kappa shape index (κ1) is 39.9. The zero-order chi connectivity index (χ0) is 29.1. The molecule has 0 aromatic heterocycles. The Balaban J connectivity index is 3.57. The van der Waals surface area contributed by atoms with Crippen molar-refractivity contribution in [3.63, 3.8) is 0 Å². The Morgan fingerprint density at radius 2 is 1.05 bits per heavy atom. The molecule has 7 heteroatoms. The summed E-state index contributed by atoms with van der Waals surface area (Å²) in [6, 6.07) is 0. The highest BCUT2D eigenvalue weighted by Gasteiger charge is 2.19. The van der Waals surface area contributed by atoms with E-state index in [0.29, 0.717) is 13.0 Å². The van der Waals surface area contributed by atoms with Gasteiger partial charge in [0.15, 0.2) is 0 Å². The number of carbonyl (C=O) groups excluding carboxylic acids is 1. The minimum Gasteiger partial charge on any atom is -0.466 e. The third kappa shape index (κ3) is 27.5. The molecule has 0 radical (unpaired) electrons. The van der Waals surface area contributed by atoms with Crippen LogP contribution in [0.1, 0.15) is 162 Å². The maximum Gasteiger partial charge on any atom is 0.305 e. The molecule has 5 unspecified atom stereocenters. The van der Waals surface area contributed by atoms with Crippen LogP contribution >= 0.6 is 58.0 Å². The molecule has 0 saturated heterocycles. The standard InChI is InChI=1S/C32H59Cl5O2/c1-3-5-6-7-8-9-10-11-12-13-14-15-16-22-32(38)39-25-18-20-28(34)23-24-31(37)30(36)21-17-19-29(35)26-27(33)4-2/h27-31H,3-26H2,1-2H3. The van der Waals surface area contributed by atoms with Crippen LogP contribution in [0.5, 0.6) is 0 Å². The smallest absolute Gasteiger partial charge is 0.305 e. The van der Waals surface area contributed by atoms with E-state index < -0.39 is 0 Å². The topological polar surface area (TPSA) is 26.3 Å². The summed E-state index contributed by atoms with van der Waals surface area (Å²) in [5.41, 5.74) is 0. The first-order chi connectivity index (χ1) is 18.8. The third-order valence-electron chi connectivity index (χ3n) is 7.51. The van der Waals surface area contributed by atoms with Crippen molar-refractivity contribution >= 4 is 64.0 Å². The van der Waals surface area contributed by atoms with E-state index in [1.54, 1.807) is 0 Å². The Morgan fingerprint density at radius 3 is 1.62 bits per heavy atom. The Kier molecular flexibility index (Phi) is 29.7. The molecule has 0 bridgehead atoms. The monoisotopic (exact) mass is 650 g/mol. The van der Waals surface area contributed by atoms with E-state index in [1.807, 2.05) is 0 Å². The van der Waals surface area contributed by atoms with Gasteiger partial charge in [0, 0.05) is 33.3 Å². The van der Waals surface area contributed by atoms with Crippen molar-refractivity contribution < 1.29 is 9.53 Å². The molecule has 2 nitrogen and oxygen atoms in total. The second kappa shape index (κ2) is 29.0. The lowest BCUT2D eigenvalue weighted by molar-refractivity contribution is -0.143. The van der Waals surface area contributed by atoms with E-state index in [2.05, 4.69) is 13.8 Å². The summed E-state index contributed by atoms with van der Waals surface area (Å²) in [5.74, 6) is -0.0783. The second-order valence-corrected chi connectivity index (χ2v) is 14.3. The highest BCUT2D eigenvalue weighted by molar-refractivity contribution is 6.30. The van der Waals surface area contributed by atoms with Crippen LogP contribution in [-0.2, 0) is 9.53 Å². The Hall–Kier alpha value is 0.920. The van der Waals surface area contributed by atoms with Gasteiger partial charge in [0.2, 0.25) is 0 Å². The molecule has 0 aliphatic heterocycles. The van der Waals surface area contributed by atoms with E-state index in [-0.39, 0.29) is 32.9 Å². The van der Waals surface area contributed by atoms with Crippen molar-refractivity contribution in [2.75, 3.05) is 6.61 Å². The van der Waals surface area contributed by atoms with Crippen molar-refractivity contribution in [3.8, 4) is 0 Å². The van der Waals surface area contributed by atoms with Gasteiger partial charge in [-0.15, -0.1) is 58.0 Å². The molecule has 0 spiro atoms. The van der Waals surface area contributed by atoms with Crippen molar-refractivity contribution in [2.45, 2.75) is 188 Å². The Labute approximate surface area is 267 Å². The summed E-state index contributed by atoms with van der Waals surface area (Å²) >= 11 is 32.0. The Bertz CT molecular complexity index is 537. The minimum atomic E-state index is -0.101. The molecule has 0 aromatic rings. The SMILES string of the molecule is CCCCCCCCCCCCCCCC(=O)OCCCC(Cl)CCC(Cl)C(Cl)CCCC(Cl)CC(Cl)CC. The van der Waals surface area contributed by atoms with Crippen LogP contribution in [0.2, 0.25) is 0 Å². The molecule has 0 fully saturated rings. The highest BCUT2D eigenvalue weighted by Crippen LogP contribution is 2.26. The molecule has 39 heavy (non-hydrogen) atoms. The quantitative estimate of drug-likeness (QED) is 0.0456. The van der Waals surface area contributed by atoms with Crippen LogP contribution in [0, 0.1) is 0 Å². The minimum absolute atomic E-state index is 0.0248. The van der Waals surface area contributed by atoms with Gasteiger partial charge >= 0.3 is 5.97 Å². The number of halogens is 5. The summed E-state index contributed by atoms with van der Waals surface area (Å²) in [6.45, 7) is 4.79. The molecule has 5 atom stereocenters. The molecule has 0 rings (SSSR count). The number of alkyl halides is 5. The van der Waals surface area contributed by atoms with Crippen molar-refractivity contribution in [1.29, 1.82) is 0 Å². The molecule has 0 aliphatic carbocycles. The van der Waals surface area contributed by atoms with Gasteiger partial charge in [-0.25, -0.2) is 0 Å². The number of ether oxygens (including phenoxy) is 1. The maximum absolute atomic E-state index is 12.0. The van der Waals surface area contributed by atoms with Gasteiger partial charge < -0.3 is 4.74 Å². The van der Waals surface area contributed by atoms with Crippen LogP contribution in [0.3, 0.4) is 0 Å². The van der Waals surface area contributed by atoms with Crippen molar-refractivity contribution in [1.82, 2.24) is 0 Å². The zero-order valence-corrected chi connectivity index (χ0v) is 28.8. The van der Waals surface area contributed by atoms with Crippen LogP contribution in [-0.4, -0.2) is 39.5 Å². The van der Waals surface area contributed by atoms with E-state index >= 15 is 0 Å². The number of hydrogen-bond donors (Lipinski definition) is 0. The average Bonchev–Trinajstić information content (AvgIpc) is 2.92. The lowest BCUT2D eigenvalue weighted by Crippen LogP contribution is -2.17. The van der Waals surface area contributed by atoms with Gasteiger partial charge in [0.1, 0.15) is 0 Å². The van der Waals surface area contributed by atoms with Gasteiger partial charge in [-0.1, -0.05) is 97.3 Å². The normalized spacial score (nSPS) is 15.6. The third-order valence-corrected chi connectivity index (χ3v) is 10.0. The van der Waals surface area contributed by atoms with Gasteiger partial charge in [0.05, 0.1) is 6.61 Å². The van der Waals surface area contributed by atoms with Crippen LogP contribution in [0.15, 0.2) is 0 Å². The van der Waals surface area contributed by atoms with Crippen LogP contribution in [0.25, 0.3) is 0 Å². The van der Waals surface area contributed by atoms with Crippen LogP contribution < -0.4 is 0 Å². The molecule has 0 amide bonds. The number of hydrogen-bond acceptors (Lipinski definition) is 2. The summed E-state index contributed by atoms with van der Waals surface area (Å²) in [4.78, 5) is 12.0. The molecule has 0 saturated carbocycles. The summed E-state index contributed by atoms with van der Waals surface area (Å²) in [6.07, 6.45) is 25.2. The van der Waals surface area contributed by atoms with Crippen LogP contribution in [0.4, 0.5) is 0 Å². The average molecular weight is 653 g/mol. The molecular formula is C32H59Cl5O2. The number of rotatable bonds is 29. The van der Waals surface area contributed by atoms with Gasteiger partial charge in [-0.05, 0) is 57.8 Å². The fourth-order valence-electron chi connectivity index (χ4n) is 4.79. The molecule has 0 aliphatic rings. The van der Waals surface area contributed by atoms with E-state index in [9.17, 15) is 4.79 Å².